The normalized spacial score (nSPS) is 14.0. The lowest BCUT2D eigenvalue weighted by atomic mass is 9.97. The Morgan fingerprint density at radius 2 is 1.04 bits per heavy atom. The molecule has 4 amide bonds. The van der Waals surface area contributed by atoms with Gasteiger partial charge in [0, 0.05) is 7.05 Å². The number of hydrogen-bond acceptors (Lipinski definition) is 10. The standard InChI is InChI=1S/C38H22N4O8/c1-17-3-9-31-27(11-17)39-33(49-31)25-15-30(44)26(16-29(25)43)34-40-28-14-20(6-10-32(28)50-34)42-37(47)22-8-5-19(13-24(22)38(42)48)18-4-7-21-23(12-18)36(46)41(2)35(21)45/h3-16,43-44H,1-2H3. The molecule has 0 fully saturated rings. The third-order valence-corrected chi connectivity index (χ3v) is 9.06. The maximum atomic E-state index is 13.7. The van der Waals surface area contributed by atoms with Crippen LogP contribution in [0.4, 0.5) is 5.69 Å². The Kier molecular flexibility index (Phi) is 5.94. The molecule has 50 heavy (non-hydrogen) atoms. The molecule has 7 aromatic rings. The lowest BCUT2D eigenvalue weighted by molar-refractivity contribution is 0.0692. The van der Waals surface area contributed by atoms with E-state index in [1.54, 1.807) is 54.6 Å². The molecule has 242 valence electrons. The molecule has 12 nitrogen and oxygen atoms in total. The molecule has 2 aromatic heterocycles. The van der Waals surface area contributed by atoms with Crippen LogP contribution < -0.4 is 4.90 Å². The van der Waals surface area contributed by atoms with Crippen molar-refractivity contribution >= 4 is 51.5 Å². The summed E-state index contributed by atoms with van der Waals surface area (Å²) in [5.74, 6) is -2.19. The number of carbonyl (C=O) groups is 4. The number of phenols is 2. The van der Waals surface area contributed by atoms with Crippen LogP contribution >= 0.6 is 0 Å². The molecule has 4 heterocycles. The second kappa shape index (κ2) is 10.2. The first kappa shape index (κ1) is 29.1. The molecule has 0 saturated heterocycles. The van der Waals surface area contributed by atoms with Crippen LogP contribution in [0.2, 0.25) is 0 Å². The van der Waals surface area contributed by atoms with Crippen LogP contribution in [0.15, 0.2) is 93.8 Å². The zero-order chi connectivity index (χ0) is 34.6. The highest BCUT2D eigenvalue weighted by Crippen LogP contribution is 2.41. The smallest absolute Gasteiger partial charge is 0.266 e. The summed E-state index contributed by atoms with van der Waals surface area (Å²) in [6, 6.07) is 22.5. The van der Waals surface area contributed by atoms with Gasteiger partial charge in [0.15, 0.2) is 11.2 Å². The van der Waals surface area contributed by atoms with Gasteiger partial charge in [-0.15, -0.1) is 0 Å². The fourth-order valence-corrected chi connectivity index (χ4v) is 6.44. The Morgan fingerprint density at radius 3 is 1.66 bits per heavy atom. The van der Waals surface area contributed by atoms with E-state index in [0.29, 0.717) is 38.9 Å². The van der Waals surface area contributed by atoms with Gasteiger partial charge >= 0.3 is 0 Å². The van der Waals surface area contributed by atoms with Crippen molar-refractivity contribution in [2.45, 2.75) is 6.92 Å². The van der Waals surface area contributed by atoms with E-state index >= 15 is 0 Å². The van der Waals surface area contributed by atoms with Gasteiger partial charge in [0.05, 0.1) is 39.1 Å². The van der Waals surface area contributed by atoms with Crippen molar-refractivity contribution in [3.05, 3.63) is 113 Å². The van der Waals surface area contributed by atoms with E-state index in [4.69, 9.17) is 8.83 Å². The number of nitrogens with zero attached hydrogens (tertiary/aromatic N) is 4. The number of phenolic OH excluding ortho intramolecular Hbond substituents is 2. The van der Waals surface area contributed by atoms with Gasteiger partial charge in [-0.3, -0.25) is 24.1 Å². The molecule has 0 aliphatic carbocycles. The van der Waals surface area contributed by atoms with Crippen molar-refractivity contribution < 1.29 is 38.2 Å². The Bertz CT molecular complexity index is 2710. The number of aromatic nitrogens is 2. The number of fused-ring (bicyclic) bond motifs is 4. The summed E-state index contributed by atoms with van der Waals surface area (Å²) in [6.07, 6.45) is 0. The van der Waals surface area contributed by atoms with Crippen molar-refractivity contribution in [2.24, 2.45) is 0 Å². The van der Waals surface area contributed by atoms with Crippen LogP contribution in [0.1, 0.15) is 47.0 Å². The number of amides is 4. The van der Waals surface area contributed by atoms with E-state index < -0.39 is 17.7 Å². The Hall–Kier alpha value is -7.08. The Morgan fingerprint density at radius 1 is 0.540 bits per heavy atom. The average molecular weight is 663 g/mol. The van der Waals surface area contributed by atoms with Crippen LogP contribution in [0.25, 0.3) is 56.2 Å². The SMILES string of the molecule is Cc1ccc2oc(-c3cc(O)c(-c4nc5cc(N6C(=O)c7ccc(-c8ccc9c(c8)C(=O)N(C)C9=O)cc7C6=O)ccc5o4)cc3O)nc2c1. The van der Waals surface area contributed by atoms with Gasteiger partial charge in [0.2, 0.25) is 11.8 Å². The molecule has 5 aromatic carbocycles. The van der Waals surface area contributed by atoms with E-state index in [0.717, 1.165) is 15.4 Å². The van der Waals surface area contributed by atoms with Gasteiger partial charge in [0.1, 0.15) is 22.5 Å². The highest BCUT2D eigenvalue weighted by molar-refractivity contribution is 6.35. The van der Waals surface area contributed by atoms with Gasteiger partial charge < -0.3 is 19.0 Å². The molecule has 2 aliphatic heterocycles. The number of aryl methyl sites for hydroxylation is 1. The predicted molar refractivity (Wildman–Crippen MR) is 180 cm³/mol. The molecule has 0 saturated carbocycles. The van der Waals surface area contributed by atoms with Crippen LogP contribution in [0.3, 0.4) is 0 Å². The lowest BCUT2D eigenvalue weighted by Crippen LogP contribution is -2.29. The Balaban J connectivity index is 1.02. The van der Waals surface area contributed by atoms with E-state index in [1.807, 2.05) is 19.1 Å². The minimum Gasteiger partial charge on any atom is -0.507 e. The van der Waals surface area contributed by atoms with Gasteiger partial charge in [-0.1, -0.05) is 18.2 Å². The van der Waals surface area contributed by atoms with Crippen LogP contribution in [0.5, 0.6) is 11.5 Å². The molecule has 0 atom stereocenters. The number of carbonyl (C=O) groups excluding carboxylic acids is 4. The lowest BCUT2D eigenvalue weighted by Gasteiger charge is -2.13. The van der Waals surface area contributed by atoms with Gasteiger partial charge in [-0.05, 0) is 90.3 Å². The molecule has 9 rings (SSSR count). The van der Waals surface area contributed by atoms with E-state index in [-0.39, 0.29) is 62.7 Å². The summed E-state index contributed by atoms with van der Waals surface area (Å²) < 4.78 is 11.7. The number of anilines is 1. The third kappa shape index (κ3) is 4.18. The van der Waals surface area contributed by atoms with Crippen molar-refractivity contribution in [2.75, 3.05) is 11.9 Å². The summed E-state index contributed by atoms with van der Waals surface area (Å²) >= 11 is 0. The first-order valence-corrected chi connectivity index (χ1v) is 15.4. The highest BCUT2D eigenvalue weighted by atomic mass is 16.4. The Labute approximate surface area is 281 Å². The number of hydrogen-bond donors (Lipinski definition) is 2. The average Bonchev–Trinajstić information content (AvgIpc) is 3.84. The fraction of sp³-hybridized carbons (Fsp3) is 0.0526. The summed E-state index contributed by atoms with van der Waals surface area (Å²) in [5.41, 5.74) is 5.49. The maximum absolute atomic E-state index is 13.7. The summed E-state index contributed by atoms with van der Waals surface area (Å²) in [5, 5.41) is 21.8. The third-order valence-electron chi connectivity index (χ3n) is 9.06. The molecular formula is C38H22N4O8. The number of aromatic hydroxyl groups is 2. The zero-order valence-corrected chi connectivity index (χ0v) is 26.2. The zero-order valence-electron chi connectivity index (χ0n) is 26.2. The molecule has 0 spiro atoms. The molecule has 0 radical (unpaired) electrons. The summed E-state index contributed by atoms with van der Waals surface area (Å²) in [7, 11) is 1.42. The van der Waals surface area contributed by atoms with Gasteiger partial charge in [-0.2, -0.15) is 0 Å². The number of imide groups is 2. The molecule has 12 heteroatoms. The fourth-order valence-electron chi connectivity index (χ4n) is 6.44. The molecular weight excluding hydrogens is 640 g/mol. The monoisotopic (exact) mass is 662 g/mol. The number of benzene rings is 5. The minimum atomic E-state index is -0.547. The molecule has 2 N–H and O–H groups in total. The van der Waals surface area contributed by atoms with E-state index in [9.17, 15) is 29.4 Å². The number of oxazole rings is 2. The van der Waals surface area contributed by atoms with Crippen molar-refractivity contribution in [3.63, 3.8) is 0 Å². The second-order valence-corrected chi connectivity index (χ2v) is 12.2. The first-order chi connectivity index (χ1) is 24.0. The van der Waals surface area contributed by atoms with Crippen LogP contribution in [-0.4, -0.2) is 55.8 Å². The van der Waals surface area contributed by atoms with Crippen LogP contribution in [0, 0.1) is 6.92 Å². The van der Waals surface area contributed by atoms with Crippen LogP contribution in [-0.2, 0) is 0 Å². The van der Waals surface area contributed by atoms with E-state index in [1.165, 1.54) is 25.2 Å². The topological polar surface area (TPSA) is 167 Å². The van der Waals surface area contributed by atoms with Crippen molar-refractivity contribution in [1.29, 1.82) is 0 Å². The first-order valence-electron chi connectivity index (χ1n) is 15.4. The predicted octanol–water partition coefficient (Wildman–Crippen LogP) is 6.72. The largest absolute Gasteiger partial charge is 0.507 e. The molecule has 2 aliphatic rings. The number of rotatable bonds is 4. The second-order valence-electron chi connectivity index (χ2n) is 12.2. The minimum absolute atomic E-state index is 0.00239. The maximum Gasteiger partial charge on any atom is 0.266 e. The van der Waals surface area contributed by atoms with Crippen molar-refractivity contribution in [3.8, 4) is 45.5 Å². The summed E-state index contributed by atoms with van der Waals surface area (Å²) in [6.45, 7) is 1.93. The van der Waals surface area contributed by atoms with E-state index in [2.05, 4.69) is 9.97 Å². The van der Waals surface area contributed by atoms with Crippen molar-refractivity contribution in [1.82, 2.24) is 14.9 Å². The molecule has 0 bridgehead atoms. The highest BCUT2D eigenvalue weighted by Gasteiger charge is 2.38. The van der Waals surface area contributed by atoms with Gasteiger partial charge in [0.25, 0.3) is 23.6 Å². The molecule has 0 unspecified atom stereocenters. The summed E-state index contributed by atoms with van der Waals surface area (Å²) in [4.78, 5) is 63.0. The van der Waals surface area contributed by atoms with Gasteiger partial charge in [-0.25, -0.2) is 14.9 Å². The quantitative estimate of drug-likeness (QED) is 0.153.